The first-order valence-electron chi connectivity index (χ1n) is 4.66. The largest absolute Gasteiger partial charge is 0.365 e. The van der Waals surface area contributed by atoms with Crippen molar-refractivity contribution in [1.29, 1.82) is 0 Å². The first-order valence-corrected chi connectivity index (χ1v) is 4.66. The van der Waals surface area contributed by atoms with Gasteiger partial charge in [-0.15, -0.1) is 0 Å². The van der Waals surface area contributed by atoms with Crippen LogP contribution in [0.2, 0.25) is 0 Å². The van der Waals surface area contributed by atoms with E-state index in [2.05, 4.69) is 6.92 Å². The third-order valence-electron chi connectivity index (χ3n) is 2.09. The van der Waals surface area contributed by atoms with Gasteiger partial charge in [0.15, 0.2) is 0 Å². The highest BCUT2D eigenvalue weighted by molar-refractivity contribution is 5.64. The van der Waals surface area contributed by atoms with E-state index in [4.69, 9.17) is 4.74 Å². The van der Waals surface area contributed by atoms with Gasteiger partial charge in [-0.3, -0.25) is 4.79 Å². The predicted octanol–water partition coefficient (Wildman–Crippen LogP) is 2.09. The summed E-state index contributed by atoms with van der Waals surface area (Å²) in [4.78, 5) is 9.96. The minimum atomic E-state index is 0.229. The van der Waals surface area contributed by atoms with E-state index >= 15 is 0 Å². The van der Waals surface area contributed by atoms with Crippen LogP contribution in [-0.2, 0) is 9.53 Å². The van der Waals surface area contributed by atoms with Crippen LogP contribution in [0.1, 0.15) is 32.6 Å². The lowest BCUT2D eigenvalue weighted by Crippen LogP contribution is -1.90. The van der Waals surface area contributed by atoms with E-state index in [9.17, 15) is 4.79 Å². The Morgan fingerprint density at radius 3 is 2.92 bits per heavy atom. The molecule has 12 heavy (non-hydrogen) atoms. The Hall–Kier alpha value is -0.630. The Kier molecular flexibility index (Phi) is 4.01. The Balaban J connectivity index is 2.00. The number of ether oxygens (including phenoxy) is 1. The van der Waals surface area contributed by atoms with Crippen LogP contribution in [0.15, 0.2) is 12.2 Å². The second-order valence-corrected chi connectivity index (χ2v) is 3.16. The third kappa shape index (κ3) is 3.18. The molecule has 0 aromatic carbocycles. The molecule has 2 atom stereocenters. The van der Waals surface area contributed by atoms with Gasteiger partial charge in [-0.05, 0) is 12.5 Å². The molecule has 68 valence electrons. The van der Waals surface area contributed by atoms with Crippen molar-refractivity contribution in [3.05, 3.63) is 12.2 Å². The van der Waals surface area contributed by atoms with Crippen molar-refractivity contribution in [2.75, 3.05) is 0 Å². The lowest BCUT2D eigenvalue weighted by atomic mass is 10.1. The number of epoxide rings is 1. The molecule has 0 spiro atoms. The molecule has 0 aromatic heterocycles. The number of unbranched alkanes of at least 4 members (excludes halogenated alkanes) is 2. The number of carbonyl (C=O) groups is 1. The maximum absolute atomic E-state index is 9.96. The second-order valence-electron chi connectivity index (χ2n) is 3.16. The van der Waals surface area contributed by atoms with Gasteiger partial charge in [-0.1, -0.05) is 32.3 Å². The predicted molar refractivity (Wildman–Crippen MR) is 48.0 cm³/mol. The van der Waals surface area contributed by atoms with Gasteiger partial charge in [0, 0.05) is 0 Å². The molecule has 1 heterocycles. The number of aldehydes is 1. The topological polar surface area (TPSA) is 29.6 Å². The van der Waals surface area contributed by atoms with Gasteiger partial charge in [0.1, 0.15) is 12.4 Å². The molecular weight excluding hydrogens is 152 g/mol. The summed E-state index contributed by atoms with van der Waals surface area (Å²) in [5.41, 5.74) is 0. The molecule has 0 aromatic rings. The molecule has 0 N–H and O–H groups in total. The lowest BCUT2D eigenvalue weighted by molar-refractivity contribution is -0.104. The second kappa shape index (κ2) is 5.09. The van der Waals surface area contributed by atoms with Crippen LogP contribution in [0.4, 0.5) is 0 Å². The SMILES string of the molecule is CCCCC[C@H]1O[C@@H]1/C=C/C=O. The minimum Gasteiger partial charge on any atom is -0.365 e. The van der Waals surface area contributed by atoms with E-state index < -0.39 is 0 Å². The number of hydrogen-bond acceptors (Lipinski definition) is 2. The van der Waals surface area contributed by atoms with Crippen LogP contribution in [0, 0.1) is 0 Å². The fraction of sp³-hybridized carbons (Fsp3) is 0.700. The average molecular weight is 168 g/mol. The number of rotatable bonds is 6. The molecule has 2 nitrogen and oxygen atoms in total. The first kappa shape index (κ1) is 9.46. The zero-order valence-corrected chi connectivity index (χ0v) is 7.53. The molecule has 1 aliphatic rings. The molecule has 0 amide bonds. The summed E-state index contributed by atoms with van der Waals surface area (Å²) in [7, 11) is 0. The van der Waals surface area contributed by atoms with Gasteiger partial charge in [-0.25, -0.2) is 0 Å². The summed E-state index contributed by atoms with van der Waals surface area (Å²) in [6, 6.07) is 0. The van der Waals surface area contributed by atoms with Crippen molar-refractivity contribution in [2.45, 2.75) is 44.8 Å². The van der Waals surface area contributed by atoms with Crippen LogP contribution < -0.4 is 0 Å². The maximum Gasteiger partial charge on any atom is 0.142 e. The van der Waals surface area contributed by atoms with Gasteiger partial charge < -0.3 is 4.74 Å². The molecule has 2 heteroatoms. The normalized spacial score (nSPS) is 27.8. The number of allylic oxidation sites excluding steroid dienone is 1. The molecule has 1 rings (SSSR count). The molecule has 0 aliphatic carbocycles. The summed E-state index contributed by atoms with van der Waals surface area (Å²) in [6.45, 7) is 2.19. The van der Waals surface area contributed by atoms with Crippen LogP contribution in [0.25, 0.3) is 0 Å². The van der Waals surface area contributed by atoms with Crippen molar-refractivity contribution >= 4 is 6.29 Å². The highest BCUT2D eigenvalue weighted by atomic mass is 16.6. The van der Waals surface area contributed by atoms with Gasteiger partial charge in [-0.2, -0.15) is 0 Å². The van der Waals surface area contributed by atoms with Gasteiger partial charge >= 0.3 is 0 Å². The minimum absolute atomic E-state index is 0.229. The highest BCUT2D eigenvalue weighted by Crippen LogP contribution is 2.28. The van der Waals surface area contributed by atoms with Crippen molar-refractivity contribution in [2.24, 2.45) is 0 Å². The molecule has 1 saturated heterocycles. The van der Waals surface area contributed by atoms with E-state index in [0.29, 0.717) is 6.10 Å². The van der Waals surface area contributed by atoms with E-state index in [1.165, 1.54) is 25.3 Å². The summed E-state index contributed by atoms with van der Waals surface area (Å²) in [5, 5.41) is 0. The quantitative estimate of drug-likeness (QED) is 0.263. The molecular formula is C10H16O2. The summed E-state index contributed by atoms with van der Waals surface area (Å²) >= 11 is 0. The maximum atomic E-state index is 9.96. The van der Waals surface area contributed by atoms with Gasteiger partial charge in [0.05, 0.1) is 6.10 Å². The summed E-state index contributed by atoms with van der Waals surface area (Å²) < 4.78 is 5.32. The van der Waals surface area contributed by atoms with Crippen molar-refractivity contribution in [1.82, 2.24) is 0 Å². The van der Waals surface area contributed by atoms with Crippen LogP contribution in [-0.4, -0.2) is 18.5 Å². The summed E-state index contributed by atoms with van der Waals surface area (Å²) in [6.07, 6.45) is 9.69. The molecule has 0 bridgehead atoms. The number of carbonyl (C=O) groups excluding carboxylic acids is 1. The highest BCUT2D eigenvalue weighted by Gasteiger charge is 2.35. The standard InChI is InChI=1S/C10H16O2/c1-2-3-4-6-9-10(12-9)7-5-8-11/h5,7-10H,2-4,6H2,1H3/b7-5+/t9-,10-/m1/s1. The Morgan fingerprint density at radius 2 is 2.25 bits per heavy atom. The number of hydrogen-bond donors (Lipinski definition) is 0. The van der Waals surface area contributed by atoms with E-state index in [1.54, 1.807) is 0 Å². The van der Waals surface area contributed by atoms with Crippen molar-refractivity contribution in [3.8, 4) is 0 Å². The zero-order valence-electron chi connectivity index (χ0n) is 7.53. The Labute approximate surface area is 73.6 Å². The van der Waals surface area contributed by atoms with Gasteiger partial charge in [0.2, 0.25) is 0 Å². The van der Waals surface area contributed by atoms with Crippen LogP contribution in [0.5, 0.6) is 0 Å². The molecule has 0 unspecified atom stereocenters. The van der Waals surface area contributed by atoms with E-state index in [-0.39, 0.29) is 6.10 Å². The Morgan fingerprint density at radius 1 is 1.42 bits per heavy atom. The van der Waals surface area contributed by atoms with Crippen LogP contribution >= 0.6 is 0 Å². The lowest BCUT2D eigenvalue weighted by Gasteiger charge is -1.91. The first-order chi connectivity index (χ1) is 5.88. The van der Waals surface area contributed by atoms with E-state index in [0.717, 1.165) is 12.7 Å². The average Bonchev–Trinajstić information content (AvgIpc) is 2.81. The molecule has 1 fully saturated rings. The van der Waals surface area contributed by atoms with E-state index in [1.807, 2.05) is 6.08 Å². The van der Waals surface area contributed by atoms with Gasteiger partial charge in [0.25, 0.3) is 0 Å². The molecule has 0 radical (unpaired) electrons. The third-order valence-corrected chi connectivity index (χ3v) is 2.09. The van der Waals surface area contributed by atoms with Crippen molar-refractivity contribution < 1.29 is 9.53 Å². The molecule has 0 saturated carbocycles. The molecule has 1 aliphatic heterocycles. The van der Waals surface area contributed by atoms with Crippen molar-refractivity contribution in [3.63, 3.8) is 0 Å². The van der Waals surface area contributed by atoms with Crippen LogP contribution in [0.3, 0.4) is 0 Å². The fourth-order valence-corrected chi connectivity index (χ4v) is 1.31. The smallest absolute Gasteiger partial charge is 0.142 e. The monoisotopic (exact) mass is 168 g/mol. The fourth-order valence-electron chi connectivity index (χ4n) is 1.31. The zero-order chi connectivity index (χ0) is 8.81. The Bertz CT molecular complexity index is 163. The summed E-state index contributed by atoms with van der Waals surface area (Å²) in [5.74, 6) is 0.